The summed E-state index contributed by atoms with van der Waals surface area (Å²) < 4.78 is 15.9. The summed E-state index contributed by atoms with van der Waals surface area (Å²) in [5.41, 5.74) is 7.46. The molecule has 1 saturated heterocycles. The minimum absolute atomic E-state index is 0.237. The van der Waals surface area contributed by atoms with Crippen LogP contribution in [0, 0.1) is 0 Å². The van der Waals surface area contributed by atoms with E-state index >= 15 is 0 Å². The van der Waals surface area contributed by atoms with E-state index in [0.29, 0.717) is 35.0 Å². The number of hydrogen-bond acceptors (Lipinski definition) is 6. The van der Waals surface area contributed by atoms with Crippen molar-refractivity contribution in [1.29, 1.82) is 0 Å². The monoisotopic (exact) mass is 413 g/mol. The number of benzene rings is 2. The van der Waals surface area contributed by atoms with Crippen LogP contribution in [-0.4, -0.2) is 50.6 Å². The molecule has 2 aromatic rings. The number of nitrogens with one attached hydrogen (secondary N) is 1. The van der Waals surface area contributed by atoms with Crippen LogP contribution in [0.15, 0.2) is 36.4 Å². The summed E-state index contributed by atoms with van der Waals surface area (Å²) in [6, 6.07) is 10.5. The summed E-state index contributed by atoms with van der Waals surface area (Å²) in [4.78, 5) is 26.6. The SMILES string of the molecule is COc1cc(OC)c(C(=O)Nc2cccc(CN3CCCC3C(N)=O)c2)cc1OC. The molecule has 1 heterocycles. The number of carbonyl (C=O) groups is 2. The van der Waals surface area contributed by atoms with Gasteiger partial charge < -0.3 is 25.3 Å². The molecule has 0 aliphatic carbocycles. The third-order valence-electron chi connectivity index (χ3n) is 5.21. The van der Waals surface area contributed by atoms with Crippen LogP contribution in [0.3, 0.4) is 0 Å². The van der Waals surface area contributed by atoms with Crippen molar-refractivity contribution >= 4 is 17.5 Å². The smallest absolute Gasteiger partial charge is 0.259 e. The van der Waals surface area contributed by atoms with Crippen LogP contribution in [0.25, 0.3) is 0 Å². The molecule has 0 saturated carbocycles. The van der Waals surface area contributed by atoms with Crippen molar-refractivity contribution in [2.45, 2.75) is 25.4 Å². The van der Waals surface area contributed by atoms with E-state index in [1.165, 1.54) is 21.3 Å². The number of rotatable bonds is 8. The molecule has 30 heavy (non-hydrogen) atoms. The number of carbonyl (C=O) groups excluding carboxylic acids is 2. The highest BCUT2D eigenvalue weighted by molar-refractivity contribution is 6.06. The van der Waals surface area contributed by atoms with Gasteiger partial charge in [0.15, 0.2) is 11.5 Å². The summed E-state index contributed by atoms with van der Waals surface area (Å²) in [6.45, 7) is 1.42. The molecule has 8 nitrogen and oxygen atoms in total. The van der Waals surface area contributed by atoms with Crippen LogP contribution < -0.4 is 25.3 Å². The molecule has 0 radical (unpaired) electrons. The van der Waals surface area contributed by atoms with E-state index in [2.05, 4.69) is 10.2 Å². The van der Waals surface area contributed by atoms with Crippen LogP contribution in [0.4, 0.5) is 5.69 Å². The summed E-state index contributed by atoms with van der Waals surface area (Å²) in [5.74, 6) is 0.660. The minimum Gasteiger partial charge on any atom is -0.496 e. The van der Waals surface area contributed by atoms with Crippen molar-refractivity contribution < 1.29 is 23.8 Å². The second-order valence-electron chi connectivity index (χ2n) is 7.09. The van der Waals surface area contributed by atoms with Gasteiger partial charge in [-0.1, -0.05) is 12.1 Å². The molecule has 8 heteroatoms. The summed E-state index contributed by atoms with van der Waals surface area (Å²) in [6.07, 6.45) is 1.73. The van der Waals surface area contributed by atoms with E-state index < -0.39 is 0 Å². The van der Waals surface area contributed by atoms with Crippen molar-refractivity contribution in [3.8, 4) is 17.2 Å². The van der Waals surface area contributed by atoms with E-state index in [-0.39, 0.29) is 17.9 Å². The van der Waals surface area contributed by atoms with Crippen LogP contribution in [0.1, 0.15) is 28.8 Å². The van der Waals surface area contributed by atoms with Gasteiger partial charge >= 0.3 is 0 Å². The molecule has 1 aliphatic rings. The number of ether oxygens (including phenoxy) is 3. The number of nitrogens with two attached hydrogens (primary N) is 1. The fraction of sp³-hybridized carbons (Fsp3) is 0.364. The fourth-order valence-electron chi connectivity index (χ4n) is 3.72. The molecule has 1 unspecified atom stereocenters. The van der Waals surface area contributed by atoms with Crippen molar-refractivity contribution in [2.24, 2.45) is 5.73 Å². The van der Waals surface area contributed by atoms with Gasteiger partial charge in [0, 0.05) is 24.4 Å². The highest BCUT2D eigenvalue weighted by atomic mass is 16.5. The van der Waals surface area contributed by atoms with Gasteiger partial charge in [0.25, 0.3) is 5.91 Å². The number of amides is 2. The zero-order valence-electron chi connectivity index (χ0n) is 17.4. The van der Waals surface area contributed by atoms with Crippen LogP contribution in [0.2, 0.25) is 0 Å². The Hall–Kier alpha value is -3.26. The van der Waals surface area contributed by atoms with Gasteiger partial charge in [-0.05, 0) is 37.1 Å². The lowest BCUT2D eigenvalue weighted by molar-refractivity contribution is -0.122. The maximum Gasteiger partial charge on any atom is 0.259 e. The quantitative estimate of drug-likeness (QED) is 0.689. The largest absolute Gasteiger partial charge is 0.496 e. The molecule has 2 amide bonds. The second kappa shape index (κ2) is 9.49. The average molecular weight is 413 g/mol. The Morgan fingerprint density at radius 1 is 1.07 bits per heavy atom. The standard InChI is InChI=1S/C22H27N3O5/c1-28-18-12-20(30-3)19(29-2)11-16(18)22(27)24-15-7-4-6-14(10-15)13-25-9-5-8-17(25)21(23)26/h4,6-7,10-12,17H,5,8-9,13H2,1-3H3,(H2,23,26)(H,24,27). The lowest BCUT2D eigenvalue weighted by atomic mass is 10.1. The van der Waals surface area contributed by atoms with Crippen molar-refractivity contribution in [3.63, 3.8) is 0 Å². The van der Waals surface area contributed by atoms with Crippen LogP contribution in [-0.2, 0) is 11.3 Å². The van der Waals surface area contributed by atoms with E-state index in [4.69, 9.17) is 19.9 Å². The summed E-state index contributed by atoms with van der Waals surface area (Å²) in [5, 5.41) is 2.90. The van der Waals surface area contributed by atoms with Gasteiger partial charge in [-0.2, -0.15) is 0 Å². The number of methoxy groups -OCH3 is 3. The Morgan fingerprint density at radius 3 is 2.43 bits per heavy atom. The molecule has 0 aromatic heterocycles. The first-order valence-corrected chi connectivity index (χ1v) is 9.70. The molecule has 1 fully saturated rings. The number of anilines is 1. The first-order valence-electron chi connectivity index (χ1n) is 9.70. The molecular weight excluding hydrogens is 386 g/mol. The predicted octanol–water partition coefficient (Wildman–Crippen LogP) is 2.41. The molecule has 0 spiro atoms. The molecule has 160 valence electrons. The molecule has 0 bridgehead atoms. The topological polar surface area (TPSA) is 103 Å². The molecule has 2 aromatic carbocycles. The minimum atomic E-state index is -0.332. The van der Waals surface area contributed by atoms with E-state index in [0.717, 1.165) is 24.9 Å². The van der Waals surface area contributed by atoms with Gasteiger partial charge in [-0.3, -0.25) is 14.5 Å². The second-order valence-corrected chi connectivity index (χ2v) is 7.09. The van der Waals surface area contributed by atoms with Crippen molar-refractivity contribution in [1.82, 2.24) is 4.90 Å². The maximum atomic E-state index is 12.9. The van der Waals surface area contributed by atoms with Gasteiger partial charge in [-0.25, -0.2) is 0 Å². The first kappa shape index (κ1) is 21.4. The van der Waals surface area contributed by atoms with E-state index in [1.807, 2.05) is 24.3 Å². The Bertz CT molecular complexity index is 931. The van der Waals surface area contributed by atoms with Gasteiger partial charge in [0.1, 0.15) is 5.75 Å². The lowest BCUT2D eigenvalue weighted by Gasteiger charge is -2.22. The lowest BCUT2D eigenvalue weighted by Crippen LogP contribution is -2.39. The Kier molecular flexibility index (Phi) is 6.79. The highest BCUT2D eigenvalue weighted by Gasteiger charge is 2.28. The first-order chi connectivity index (χ1) is 14.5. The molecule has 3 rings (SSSR count). The fourth-order valence-corrected chi connectivity index (χ4v) is 3.72. The number of likely N-dealkylation sites (tertiary alicyclic amines) is 1. The van der Waals surface area contributed by atoms with Gasteiger partial charge in [0.2, 0.25) is 5.91 Å². The maximum absolute atomic E-state index is 12.9. The van der Waals surface area contributed by atoms with Crippen molar-refractivity contribution in [3.05, 3.63) is 47.5 Å². The normalized spacial score (nSPS) is 16.2. The van der Waals surface area contributed by atoms with Crippen LogP contribution in [0.5, 0.6) is 17.2 Å². The highest BCUT2D eigenvalue weighted by Crippen LogP contribution is 2.35. The molecule has 3 N–H and O–H groups in total. The number of nitrogens with zero attached hydrogens (tertiary/aromatic N) is 1. The van der Waals surface area contributed by atoms with Crippen molar-refractivity contribution in [2.75, 3.05) is 33.2 Å². The van der Waals surface area contributed by atoms with Crippen LogP contribution >= 0.6 is 0 Å². The zero-order valence-corrected chi connectivity index (χ0v) is 17.4. The third-order valence-corrected chi connectivity index (χ3v) is 5.21. The Labute approximate surface area is 175 Å². The van der Waals surface area contributed by atoms with E-state index in [1.54, 1.807) is 12.1 Å². The average Bonchev–Trinajstić information content (AvgIpc) is 3.21. The van der Waals surface area contributed by atoms with E-state index in [9.17, 15) is 9.59 Å². The predicted molar refractivity (Wildman–Crippen MR) is 113 cm³/mol. The molecule has 1 aliphatic heterocycles. The summed E-state index contributed by atoms with van der Waals surface area (Å²) >= 11 is 0. The Morgan fingerprint density at radius 2 is 1.77 bits per heavy atom. The number of primary amides is 1. The third kappa shape index (κ3) is 4.65. The molecular formula is C22H27N3O5. The van der Waals surface area contributed by atoms with Gasteiger partial charge in [0.05, 0.1) is 32.9 Å². The number of hydrogen-bond donors (Lipinski definition) is 2. The zero-order chi connectivity index (χ0) is 21.7. The summed E-state index contributed by atoms with van der Waals surface area (Å²) in [7, 11) is 4.52. The van der Waals surface area contributed by atoms with Gasteiger partial charge in [-0.15, -0.1) is 0 Å². The molecule has 1 atom stereocenters. The Balaban J connectivity index is 1.78.